The highest BCUT2D eigenvalue weighted by molar-refractivity contribution is 7.89. The van der Waals surface area contributed by atoms with Crippen LogP contribution in [0.2, 0.25) is 0 Å². The number of hydrogen-bond acceptors (Lipinski definition) is 5. The molecule has 0 radical (unpaired) electrons. The first-order chi connectivity index (χ1) is 12.2. The standard InChI is InChI=1S/C18H19N3O4S/c1-11(2)21-26(23,24)15-7-4-13(5-8-15)18(22)20-14-6-9-17-16(10-14)19-12(3)25-17/h4-11,21H,1-3H3,(H,20,22). The van der Waals surface area contributed by atoms with Crippen LogP contribution in [0.25, 0.3) is 11.1 Å². The van der Waals surface area contributed by atoms with E-state index in [0.29, 0.717) is 28.2 Å². The lowest BCUT2D eigenvalue weighted by Gasteiger charge is -2.10. The van der Waals surface area contributed by atoms with Gasteiger partial charge < -0.3 is 9.73 Å². The SMILES string of the molecule is Cc1nc2cc(NC(=O)c3ccc(S(=O)(=O)NC(C)C)cc3)ccc2o1. The van der Waals surface area contributed by atoms with E-state index in [1.54, 1.807) is 39.0 Å². The zero-order valence-electron chi connectivity index (χ0n) is 14.6. The maximum absolute atomic E-state index is 12.4. The van der Waals surface area contributed by atoms with E-state index in [1.807, 2.05) is 0 Å². The molecule has 26 heavy (non-hydrogen) atoms. The molecular weight excluding hydrogens is 354 g/mol. The number of benzene rings is 2. The average molecular weight is 373 g/mol. The van der Waals surface area contributed by atoms with Crippen LogP contribution in [-0.2, 0) is 10.0 Å². The Balaban J connectivity index is 1.77. The first kappa shape index (κ1) is 18.1. The van der Waals surface area contributed by atoms with Crippen LogP contribution in [-0.4, -0.2) is 25.4 Å². The number of hydrogen-bond donors (Lipinski definition) is 2. The maximum Gasteiger partial charge on any atom is 0.255 e. The molecule has 0 saturated heterocycles. The van der Waals surface area contributed by atoms with Gasteiger partial charge in [0.2, 0.25) is 10.0 Å². The fourth-order valence-corrected chi connectivity index (χ4v) is 3.74. The van der Waals surface area contributed by atoms with Crippen molar-refractivity contribution in [2.45, 2.75) is 31.7 Å². The normalized spacial score (nSPS) is 11.8. The number of sulfonamides is 1. The number of anilines is 1. The third-order valence-corrected chi connectivity index (χ3v) is 5.24. The van der Waals surface area contributed by atoms with Gasteiger partial charge in [-0.05, 0) is 56.3 Å². The van der Waals surface area contributed by atoms with Gasteiger partial charge in [-0.25, -0.2) is 18.1 Å². The van der Waals surface area contributed by atoms with Gasteiger partial charge in [0.15, 0.2) is 11.5 Å². The summed E-state index contributed by atoms with van der Waals surface area (Å²) in [5.41, 5.74) is 2.23. The molecule has 3 rings (SSSR count). The highest BCUT2D eigenvalue weighted by Gasteiger charge is 2.16. The molecule has 0 saturated carbocycles. The van der Waals surface area contributed by atoms with Gasteiger partial charge in [-0.3, -0.25) is 4.79 Å². The molecule has 0 aliphatic heterocycles. The number of aryl methyl sites for hydroxylation is 1. The smallest absolute Gasteiger partial charge is 0.255 e. The Morgan fingerprint density at radius 2 is 1.81 bits per heavy atom. The number of aromatic nitrogens is 1. The summed E-state index contributed by atoms with van der Waals surface area (Å²) in [4.78, 5) is 16.7. The highest BCUT2D eigenvalue weighted by atomic mass is 32.2. The van der Waals surface area contributed by atoms with E-state index in [4.69, 9.17) is 4.42 Å². The lowest BCUT2D eigenvalue weighted by Crippen LogP contribution is -2.30. The van der Waals surface area contributed by atoms with E-state index in [-0.39, 0.29) is 16.8 Å². The van der Waals surface area contributed by atoms with Gasteiger partial charge in [0.1, 0.15) is 5.52 Å². The van der Waals surface area contributed by atoms with E-state index >= 15 is 0 Å². The average Bonchev–Trinajstić information content (AvgIpc) is 2.93. The number of carbonyl (C=O) groups excluding carboxylic acids is 1. The van der Waals surface area contributed by atoms with E-state index in [0.717, 1.165) is 0 Å². The molecular formula is C18H19N3O4S. The van der Waals surface area contributed by atoms with E-state index in [9.17, 15) is 13.2 Å². The van der Waals surface area contributed by atoms with Gasteiger partial charge in [0.05, 0.1) is 4.90 Å². The molecule has 7 nitrogen and oxygen atoms in total. The largest absolute Gasteiger partial charge is 0.441 e. The second kappa shape index (κ2) is 6.89. The van der Waals surface area contributed by atoms with Crippen LogP contribution in [0.3, 0.4) is 0 Å². The molecule has 1 heterocycles. The molecule has 0 aliphatic carbocycles. The second-order valence-electron chi connectivity index (χ2n) is 6.17. The summed E-state index contributed by atoms with van der Waals surface area (Å²) >= 11 is 0. The van der Waals surface area contributed by atoms with Crippen molar-refractivity contribution in [1.29, 1.82) is 0 Å². The molecule has 0 aliphatic rings. The fourth-order valence-electron chi connectivity index (χ4n) is 2.49. The lowest BCUT2D eigenvalue weighted by molar-refractivity contribution is 0.102. The Bertz CT molecular complexity index is 1050. The van der Waals surface area contributed by atoms with Crippen molar-refractivity contribution in [2.24, 2.45) is 0 Å². The monoisotopic (exact) mass is 373 g/mol. The first-order valence-corrected chi connectivity index (χ1v) is 9.54. The summed E-state index contributed by atoms with van der Waals surface area (Å²) < 4.78 is 32.1. The van der Waals surface area contributed by atoms with Crippen molar-refractivity contribution in [3.8, 4) is 0 Å². The van der Waals surface area contributed by atoms with Gasteiger partial charge in [0, 0.05) is 24.2 Å². The van der Waals surface area contributed by atoms with E-state index < -0.39 is 10.0 Å². The third-order valence-electron chi connectivity index (χ3n) is 3.57. The second-order valence-corrected chi connectivity index (χ2v) is 7.88. The number of rotatable bonds is 5. The van der Waals surface area contributed by atoms with E-state index in [2.05, 4.69) is 15.0 Å². The molecule has 0 unspecified atom stereocenters. The van der Waals surface area contributed by atoms with Crippen LogP contribution >= 0.6 is 0 Å². The van der Waals surface area contributed by atoms with Crippen LogP contribution in [0.4, 0.5) is 5.69 Å². The molecule has 3 aromatic rings. The van der Waals surface area contributed by atoms with E-state index in [1.165, 1.54) is 24.3 Å². The van der Waals surface area contributed by atoms with Gasteiger partial charge in [-0.15, -0.1) is 0 Å². The molecule has 1 aromatic heterocycles. The summed E-state index contributed by atoms with van der Waals surface area (Å²) in [5.74, 6) is 0.209. The Hall–Kier alpha value is -2.71. The summed E-state index contributed by atoms with van der Waals surface area (Å²) in [7, 11) is -3.58. The van der Waals surface area contributed by atoms with Crippen LogP contribution in [0, 0.1) is 6.92 Å². The van der Waals surface area contributed by atoms with Crippen molar-refractivity contribution in [3.63, 3.8) is 0 Å². The zero-order chi connectivity index (χ0) is 18.9. The minimum absolute atomic E-state index is 0.113. The Labute approximate surface area is 151 Å². The number of amides is 1. The van der Waals surface area contributed by atoms with Gasteiger partial charge in [-0.2, -0.15) is 0 Å². The molecule has 8 heteroatoms. The van der Waals surface area contributed by atoms with Crippen molar-refractivity contribution in [2.75, 3.05) is 5.32 Å². The predicted octanol–water partition coefficient (Wildman–Crippen LogP) is 3.08. The number of oxazole rings is 1. The zero-order valence-corrected chi connectivity index (χ0v) is 15.4. The Morgan fingerprint density at radius 3 is 2.46 bits per heavy atom. The number of nitrogens with one attached hydrogen (secondary N) is 2. The molecule has 2 aromatic carbocycles. The Morgan fingerprint density at radius 1 is 1.12 bits per heavy atom. The van der Waals surface area contributed by atoms with Gasteiger partial charge >= 0.3 is 0 Å². The third kappa shape index (κ3) is 3.92. The Kier molecular flexibility index (Phi) is 4.80. The number of carbonyl (C=O) groups is 1. The number of fused-ring (bicyclic) bond motifs is 1. The fraction of sp³-hybridized carbons (Fsp3) is 0.222. The maximum atomic E-state index is 12.4. The van der Waals surface area contributed by atoms with Crippen LogP contribution in [0.1, 0.15) is 30.1 Å². The van der Waals surface area contributed by atoms with Crippen molar-refractivity contribution >= 4 is 32.7 Å². The van der Waals surface area contributed by atoms with Crippen molar-refractivity contribution in [3.05, 3.63) is 53.9 Å². The number of nitrogens with zero attached hydrogens (tertiary/aromatic N) is 1. The lowest BCUT2D eigenvalue weighted by atomic mass is 10.2. The topological polar surface area (TPSA) is 101 Å². The quantitative estimate of drug-likeness (QED) is 0.716. The summed E-state index contributed by atoms with van der Waals surface area (Å²) in [6.07, 6.45) is 0. The molecule has 0 fully saturated rings. The van der Waals surface area contributed by atoms with Crippen molar-refractivity contribution in [1.82, 2.24) is 9.71 Å². The summed E-state index contributed by atoms with van der Waals surface area (Å²) in [6, 6.07) is 10.7. The molecule has 136 valence electrons. The minimum Gasteiger partial charge on any atom is -0.441 e. The van der Waals surface area contributed by atoms with Crippen molar-refractivity contribution < 1.29 is 17.6 Å². The summed E-state index contributed by atoms with van der Waals surface area (Å²) in [6.45, 7) is 5.24. The molecule has 0 atom stereocenters. The van der Waals surface area contributed by atoms with Gasteiger partial charge in [-0.1, -0.05) is 0 Å². The molecule has 2 N–H and O–H groups in total. The van der Waals surface area contributed by atoms with Crippen LogP contribution < -0.4 is 10.0 Å². The predicted molar refractivity (Wildman–Crippen MR) is 98.6 cm³/mol. The minimum atomic E-state index is -3.58. The molecule has 0 bridgehead atoms. The van der Waals surface area contributed by atoms with Crippen LogP contribution in [0.15, 0.2) is 51.8 Å². The van der Waals surface area contributed by atoms with Gasteiger partial charge in [0.25, 0.3) is 5.91 Å². The van der Waals surface area contributed by atoms with Crippen LogP contribution in [0.5, 0.6) is 0 Å². The summed E-state index contributed by atoms with van der Waals surface area (Å²) in [5, 5.41) is 2.76. The molecule has 1 amide bonds. The first-order valence-electron chi connectivity index (χ1n) is 8.05. The molecule has 0 spiro atoms. The highest BCUT2D eigenvalue weighted by Crippen LogP contribution is 2.20.